The molecular formula is C15H19N3O. The molecule has 2 aromatic rings. The van der Waals surface area contributed by atoms with Crippen LogP contribution in [0.1, 0.15) is 38.0 Å². The summed E-state index contributed by atoms with van der Waals surface area (Å²) in [4.78, 5) is 0. The van der Waals surface area contributed by atoms with E-state index >= 15 is 0 Å². The lowest BCUT2D eigenvalue weighted by molar-refractivity contribution is 0.354. The van der Waals surface area contributed by atoms with E-state index < -0.39 is 0 Å². The van der Waals surface area contributed by atoms with Crippen LogP contribution in [0.2, 0.25) is 0 Å². The quantitative estimate of drug-likeness (QED) is 0.914. The number of hydrogen-bond acceptors (Lipinski definition) is 4. The van der Waals surface area contributed by atoms with Gasteiger partial charge in [0.15, 0.2) is 0 Å². The summed E-state index contributed by atoms with van der Waals surface area (Å²) in [5, 5.41) is 11.7. The molecule has 19 heavy (non-hydrogen) atoms. The monoisotopic (exact) mass is 257 g/mol. The van der Waals surface area contributed by atoms with Gasteiger partial charge in [-0.05, 0) is 25.0 Å². The van der Waals surface area contributed by atoms with Crippen LogP contribution in [0, 0.1) is 0 Å². The Balaban J connectivity index is 1.59. The molecule has 1 aliphatic carbocycles. The third-order valence-corrected chi connectivity index (χ3v) is 3.63. The van der Waals surface area contributed by atoms with E-state index in [9.17, 15) is 0 Å². The largest absolute Gasteiger partial charge is 0.419 e. The second-order valence-corrected chi connectivity index (χ2v) is 5.08. The van der Waals surface area contributed by atoms with Crippen molar-refractivity contribution in [1.29, 1.82) is 0 Å². The van der Waals surface area contributed by atoms with Crippen molar-refractivity contribution in [3.63, 3.8) is 0 Å². The smallest absolute Gasteiger partial charge is 0.247 e. The Hall–Kier alpha value is -1.68. The molecule has 0 radical (unpaired) electrons. The molecule has 1 saturated carbocycles. The summed E-state index contributed by atoms with van der Waals surface area (Å²) in [7, 11) is 0. The number of benzene rings is 1. The van der Waals surface area contributed by atoms with E-state index in [1.807, 2.05) is 30.3 Å². The molecule has 0 unspecified atom stereocenters. The Morgan fingerprint density at radius 2 is 1.84 bits per heavy atom. The molecule has 0 aliphatic heterocycles. The Kier molecular flexibility index (Phi) is 3.89. The number of rotatable bonds is 4. The van der Waals surface area contributed by atoms with E-state index in [4.69, 9.17) is 4.42 Å². The van der Waals surface area contributed by atoms with Gasteiger partial charge in [-0.15, -0.1) is 10.2 Å². The highest BCUT2D eigenvalue weighted by molar-refractivity contribution is 5.51. The van der Waals surface area contributed by atoms with Crippen molar-refractivity contribution in [3.05, 3.63) is 36.2 Å². The van der Waals surface area contributed by atoms with E-state index in [-0.39, 0.29) is 0 Å². The van der Waals surface area contributed by atoms with Crippen molar-refractivity contribution in [3.8, 4) is 11.5 Å². The van der Waals surface area contributed by atoms with Crippen molar-refractivity contribution >= 4 is 0 Å². The highest BCUT2D eigenvalue weighted by atomic mass is 16.4. The summed E-state index contributed by atoms with van der Waals surface area (Å²) in [5.41, 5.74) is 0.971. The standard InChI is InChI=1S/C15H19N3O/c1-3-7-12(8-4-1)15-18-17-14(19-15)11-16-13-9-5-2-6-10-13/h1,3-4,7-8,13,16H,2,5-6,9-11H2. The molecule has 1 aliphatic rings. The van der Waals surface area contributed by atoms with Crippen LogP contribution >= 0.6 is 0 Å². The Labute approximate surface area is 113 Å². The van der Waals surface area contributed by atoms with Gasteiger partial charge in [-0.2, -0.15) is 0 Å². The summed E-state index contributed by atoms with van der Waals surface area (Å²) < 4.78 is 5.68. The van der Waals surface area contributed by atoms with Crippen molar-refractivity contribution in [2.45, 2.75) is 44.7 Å². The summed E-state index contributed by atoms with van der Waals surface area (Å²) in [6.45, 7) is 0.671. The van der Waals surface area contributed by atoms with E-state index in [1.165, 1.54) is 32.1 Å². The van der Waals surface area contributed by atoms with Gasteiger partial charge in [0, 0.05) is 11.6 Å². The molecule has 0 spiro atoms. The third kappa shape index (κ3) is 3.20. The average Bonchev–Trinajstić information content (AvgIpc) is 2.96. The predicted octanol–water partition coefficient (Wildman–Crippen LogP) is 3.16. The molecule has 1 fully saturated rings. The van der Waals surface area contributed by atoms with Crippen LogP contribution in [0.25, 0.3) is 11.5 Å². The minimum Gasteiger partial charge on any atom is -0.419 e. The van der Waals surface area contributed by atoms with E-state index in [0.29, 0.717) is 24.4 Å². The Morgan fingerprint density at radius 1 is 1.05 bits per heavy atom. The fraction of sp³-hybridized carbons (Fsp3) is 0.467. The predicted molar refractivity (Wildman–Crippen MR) is 73.4 cm³/mol. The van der Waals surface area contributed by atoms with Gasteiger partial charge in [-0.1, -0.05) is 37.5 Å². The van der Waals surface area contributed by atoms with Gasteiger partial charge in [0.1, 0.15) is 0 Å². The van der Waals surface area contributed by atoms with Crippen molar-refractivity contribution in [1.82, 2.24) is 15.5 Å². The Morgan fingerprint density at radius 3 is 2.63 bits per heavy atom. The van der Waals surface area contributed by atoms with E-state index in [2.05, 4.69) is 15.5 Å². The molecule has 1 aromatic carbocycles. The molecule has 1 N–H and O–H groups in total. The topological polar surface area (TPSA) is 51.0 Å². The minimum atomic E-state index is 0.598. The van der Waals surface area contributed by atoms with Gasteiger partial charge in [-0.3, -0.25) is 0 Å². The number of hydrogen-bond donors (Lipinski definition) is 1. The van der Waals surface area contributed by atoms with Crippen LogP contribution in [0.4, 0.5) is 0 Å². The zero-order valence-corrected chi connectivity index (χ0v) is 11.0. The molecule has 3 rings (SSSR count). The first-order valence-electron chi connectivity index (χ1n) is 7.03. The fourth-order valence-corrected chi connectivity index (χ4v) is 2.56. The van der Waals surface area contributed by atoms with Gasteiger partial charge in [-0.25, -0.2) is 0 Å². The van der Waals surface area contributed by atoms with Crippen LogP contribution in [0.15, 0.2) is 34.7 Å². The van der Waals surface area contributed by atoms with Gasteiger partial charge in [0.25, 0.3) is 0 Å². The number of aromatic nitrogens is 2. The number of nitrogens with one attached hydrogen (secondary N) is 1. The van der Waals surface area contributed by atoms with Gasteiger partial charge < -0.3 is 9.73 Å². The summed E-state index contributed by atoms with van der Waals surface area (Å²) in [6, 6.07) is 10.5. The highest BCUT2D eigenvalue weighted by Gasteiger charge is 2.14. The molecule has 0 saturated heterocycles. The Bertz CT molecular complexity index is 503. The van der Waals surface area contributed by atoms with Crippen molar-refractivity contribution < 1.29 is 4.42 Å². The first-order chi connectivity index (χ1) is 9.42. The highest BCUT2D eigenvalue weighted by Crippen LogP contribution is 2.19. The minimum absolute atomic E-state index is 0.598. The second kappa shape index (κ2) is 5.97. The average molecular weight is 257 g/mol. The molecule has 0 atom stereocenters. The molecule has 1 aromatic heterocycles. The summed E-state index contributed by atoms with van der Waals surface area (Å²) >= 11 is 0. The molecular weight excluding hydrogens is 238 g/mol. The number of nitrogens with zero attached hydrogens (tertiary/aromatic N) is 2. The maximum Gasteiger partial charge on any atom is 0.247 e. The third-order valence-electron chi connectivity index (χ3n) is 3.63. The van der Waals surface area contributed by atoms with Crippen LogP contribution in [0.5, 0.6) is 0 Å². The van der Waals surface area contributed by atoms with Gasteiger partial charge in [0.2, 0.25) is 11.8 Å². The second-order valence-electron chi connectivity index (χ2n) is 5.08. The fourth-order valence-electron chi connectivity index (χ4n) is 2.56. The van der Waals surface area contributed by atoms with Crippen LogP contribution in [0.3, 0.4) is 0 Å². The van der Waals surface area contributed by atoms with Crippen LogP contribution in [-0.4, -0.2) is 16.2 Å². The van der Waals surface area contributed by atoms with E-state index in [0.717, 1.165) is 5.56 Å². The lowest BCUT2D eigenvalue weighted by atomic mass is 9.95. The van der Waals surface area contributed by atoms with Crippen molar-refractivity contribution in [2.24, 2.45) is 0 Å². The molecule has 4 heteroatoms. The van der Waals surface area contributed by atoms with Crippen molar-refractivity contribution in [2.75, 3.05) is 0 Å². The first kappa shape index (κ1) is 12.4. The molecule has 0 amide bonds. The molecule has 100 valence electrons. The lowest BCUT2D eigenvalue weighted by Gasteiger charge is -2.21. The molecule has 4 nitrogen and oxygen atoms in total. The summed E-state index contributed by atoms with van der Waals surface area (Å²) in [5.74, 6) is 1.27. The maximum atomic E-state index is 5.68. The lowest BCUT2D eigenvalue weighted by Crippen LogP contribution is -2.30. The zero-order chi connectivity index (χ0) is 12.9. The maximum absolute atomic E-state index is 5.68. The van der Waals surface area contributed by atoms with Crippen LogP contribution < -0.4 is 5.32 Å². The summed E-state index contributed by atoms with van der Waals surface area (Å²) in [6.07, 6.45) is 6.56. The zero-order valence-electron chi connectivity index (χ0n) is 11.0. The molecule has 1 heterocycles. The first-order valence-corrected chi connectivity index (χ1v) is 7.03. The van der Waals surface area contributed by atoms with Gasteiger partial charge >= 0.3 is 0 Å². The van der Waals surface area contributed by atoms with E-state index in [1.54, 1.807) is 0 Å². The molecule has 0 bridgehead atoms. The van der Waals surface area contributed by atoms with Crippen LogP contribution in [-0.2, 0) is 6.54 Å². The SMILES string of the molecule is c1ccc(-c2nnc(CNC3CCCCC3)o2)cc1. The van der Waals surface area contributed by atoms with Gasteiger partial charge in [0.05, 0.1) is 6.54 Å². The normalized spacial score (nSPS) is 16.6.